The molecule has 0 amide bonds. The van der Waals surface area contributed by atoms with E-state index in [9.17, 15) is 0 Å². The molecule has 58 valence electrons. The molecule has 1 heteroatoms. The van der Waals surface area contributed by atoms with Crippen LogP contribution >= 0.6 is 0 Å². The Hall–Kier alpha value is -0.560. The van der Waals surface area contributed by atoms with Crippen molar-refractivity contribution in [3.63, 3.8) is 0 Å². The zero-order valence-electron chi connectivity index (χ0n) is 7.06. The highest BCUT2D eigenvalue weighted by atomic mass is 15.1. The van der Waals surface area contributed by atoms with Crippen LogP contribution in [-0.4, -0.2) is 24.5 Å². The predicted molar refractivity (Wildman–Crippen MR) is 47.1 cm³/mol. The predicted octanol–water partition coefficient (Wildman–Crippen LogP) is 2.07. The van der Waals surface area contributed by atoms with Crippen molar-refractivity contribution in [1.82, 2.24) is 4.90 Å². The Morgan fingerprint density at radius 3 is 2.50 bits per heavy atom. The molecular weight excluding hydrogens is 122 g/mol. The minimum atomic E-state index is 0.962. The molecular formula is C9H17N. The van der Waals surface area contributed by atoms with Gasteiger partial charge in [-0.1, -0.05) is 25.2 Å². The van der Waals surface area contributed by atoms with Gasteiger partial charge in [-0.2, -0.15) is 0 Å². The first-order valence-corrected chi connectivity index (χ1v) is 3.68. The molecule has 0 radical (unpaired) electrons. The van der Waals surface area contributed by atoms with Gasteiger partial charge < -0.3 is 0 Å². The van der Waals surface area contributed by atoms with Crippen LogP contribution in [0, 0.1) is 0 Å². The molecule has 0 aromatic carbocycles. The molecule has 0 saturated heterocycles. The number of hydrogen-bond acceptors (Lipinski definition) is 1. The summed E-state index contributed by atoms with van der Waals surface area (Å²) in [4.78, 5) is 2.29. The van der Waals surface area contributed by atoms with E-state index in [1.165, 1.54) is 5.57 Å². The Bertz CT molecular complexity index is 116. The van der Waals surface area contributed by atoms with Gasteiger partial charge in [0.05, 0.1) is 0 Å². The monoisotopic (exact) mass is 139 g/mol. The van der Waals surface area contributed by atoms with Gasteiger partial charge in [-0.15, -0.1) is 6.58 Å². The van der Waals surface area contributed by atoms with E-state index in [0.29, 0.717) is 0 Å². The maximum absolute atomic E-state index is 3.85. The van der Waals surface area contributed by atoms with Gasteiger partial charge in [-0.25, -0.2) is 0 Å². The smallest absolute Gasteiger partial charge is 0.0190 e. The van der Waals surface area contributed by atoms with Crippen molar-refractivity contribution in [2.24, 2.45) is 0 Å². The van der Waals surface area contributed by atoms with Crippen LogP contribution in [-0.2, 0) is 0 Å². The van der Waals surface area contributed by atoms with Crippen LogP contribution in [0.5, 0.6) is 0 Å². The molecule has 0 aromatic heterocycles. The molecule has 0 bridgehead atoms. The fourth-order valence-corrected chi connectivity index (χ4v) is 0.870. The Balaban J connectivity index is 3.59. The van der Waals surface area contributed by atoms with Crippen molar-refractivity contribution in [1.29, 1.82) is 0 Å². The van der Waals surface area contributed by atoms with E-state index in [2.05, 4.69) is 25.0 Å². The molecule has 0 heterocycles. The summed E-state index contributed by atoms with van der Waals surface area (Å²) in [7, 11) is 0. The Labute approximate surface area is 64.0 Å². The minimum absolute atomic E-state index is 0.962. The third-order valence-corrected chi connectivity index (χ3v) is 1.33. The van der Waals surface area contributed by atoms with Crippen molar-refractivity contribution in [3.8, 4) is 0 Å². The van der Waals surface area contributed by atoms with Crippen molar-refractivity contribution in [2.75, 3.05) is 19.6 Å². The first-order chi connectivity index (χ1) is 4.70. The van der Waals surface area contributed by atoms with E-state index >= 15 is 0 Å². The van der Waals surface area contributed by atoms with Gasteiger partial charge in [0.1, 0.15) is 0 Å². The lowest BCUT2D eigenvalue weighted by atomic mass is 10.3. The second-order valence-electron chi connectivity index (χ2n) is 2.57. The number of likely N-dealkylation sites (N-methyl/N-ethyl adjacent to an activating group) is 1. The number of rotatable bonds is 5. The summed E-state index contributed by atoms with van der Waals surface area (Å²) in [6, 6.07) is 0. The maximum Gasteiger partial charge on any atom is 0.0190 e. The molecule has 1 nitrogen and oxygen atoms in total. The fraction of sp³-hybridized carbons (Fsp3) is 0.556. The van der Waals surface area contributed by atoms with E-state index in [1.54, 1.807) is 0 Å². The quantitative estimate of drug-likeness (QED) is 0.527. The maximum atomic E-state index is 3.85. The van der Waals surface area contributed by atoms with Crippen molar-refractivity contribution >= 4 is 0 Å². The largest absolute Gasteiger partial charge is 0.296 e. The zero-order valence-corrected chi connectivity index (χ0v) is 7.06. The molecule has 0 saturated carbocycles. The van der Waals surface area contributed by atoms with Crippen LogP contribution in [0.25, 0.3) is 0 Å². The summed E-state index contributed by atoms with van der Waals surface area (Å²) >= 11 is 0. The number of hydrogen-bond donors (Lipinski definition) is 0. The third-order valence-electron chi connectivity index (χ3n) is 1.33. The Morgan fingerprint density at radius 1 is 1.60 bits per heavy atom. The van der Waals surface area contributed by atoms with Crippen LogP contribution in [0.3, 0.4) is 0 Å². The highest BCUT2D eigenvalue weighted by Crippen LogP contribution is 1.94. The van der Waals surface area contributed by atoms with Crippen molar-refractivity contribution in [3.05, 3.63) is 24.8 Å². The van der Waals surface area contributed by atoms with E-state index in [4.69, 9.17) is 0 Å². The summed E-state index contributed by atoms with van der Waals surface area (Å²) in [6.45, 7) is 14.7. The van der Waals surface area contributed by atoms with Crippen LogP contribution in [0.2, 0.25) is 0 Å². The highest BCUT2D eigenvalue weighted by molar-refractivity contribution is 4.92. The molecule has 0 N–H and O–H groups in total. The number of nitrogens with zero attached hydrogens (tertiary/aromatic N) is 1. The van der Waals surface area contributed by atoms with Crippen LogP contribution in [0.15, 0.2) is 24.8 Å². The van der Waals surface area contributed by atoms with Gasteiger partial charge in [0.2, 0.25) is 0 Å². The SMILES string of the molecule is C=CCN(CC)CC(=C)C. The molecule has 0 aromatic rings. The summed E-state index contributed by atoms with van der Waals surface area (Å²) in [5, 5.41) is 0. The molecule has 0 aliphatic heterocycles. The topological polar surface area (TPSA) is 3.24 Å². The zero-order chi connectivity index (χ0) is 7.98. The Morgan fingerprint density at radius 2 is 2.20 bits per heavy atom. The Kier molecular flexibility index (Phi) is 4.95. The summed E-state index contributed by atoms with van der Waals surface area (Å²) in [6.07, 6.45) is 1.92. The highest BCUT2D eigenvalue weighted by Gasteiger charge is 1.97. The minimum Gasteiger partial charge on any atom is -0.296 e. The lowest BCUT2D eigenvalue weighted by Crippen LogP contribution is -2.24. The lowest BCUT2D eigenvalue weighted by Gasteiger charge is -2.17. The van der Waals surface area contributed by atoms with Gasteiger partial charge in [0.15, 0.2) is 0 Å². The van der Waals surface area contributed by atoms with Crippen LogP contribution in [0.4, 0.5) is 0 Å². The van der Waals surface area contributed by atoms with Crippen LogP contribution in [0.1, 0.15) is 13.8 Å². The normalized spacial score (nSPS) is 9.90. The second kappa shape index (κ2) is 5.24. The van der Waals surface area contributed by atoms with Crippen molar-refractivity contribution < 1.29 is 0 Å². The molecule has 0 fully saturated rings. The standard InChI is InChI=1S/C9H17N/c1-5-7-10(6-2)8-9(3)4/h5H,1,3,6-8H2,2,4H3. The van der Waals surface area contributed by atoms with Gasteiger partial charge >= 0.3 is 0 Å². The van der Waals surface area contributed by atoms with E-state index in [0.717, 1.165) is 19.6 Å². The molecule has 0 atom stereocenters. The molecule has 0 spiro atoms. The van der Waals surface area contributed by atoms with Crippen LogP contribution < -0.4 is 0 Å². The van der Waals surface area contributed by atoms with E-state index in [1.807, 2.05) is 13.0 Å². The lowest BCUT2D eigenvalue weighted by molar-refractivity contribution is 0.347. The van der Waals surface area contributed by atoms with Gasteiger partial charge in [0, 0.05) is 13.1 Å². The van der Waals surface area contributed by atoms with Gasteiger partial charge in [-0.05, 0) is 13.5 Å². The molecule has 0 aliphatic rings. The van der Waals surface area contributed by atoms with Gasteiger partial charge in [-0.3, -0.25) is 4.90 Å². The summed E-state index contributed by atoms with van der Waals surface area (Å²) in [5.74, 6) is 0. The molecule has 0 rings (SSSR count). The van der Waals surface area contributed by atoms with Crippen molar-refractivity contribution in [2.45, 2.75) is 13.8 Å². The average molecular weight is 139 g/mol. The van der Waals surface area contributed by atoms with E-state index in [-0.39, 0.29) is 0 Å². The first-order valence-electron chi connectivity index (χ1n) is 3.68. The summed E-state index contributed by atoms with van der Waals surface area (Å²) < 4.78 is 0. The second-order valence-corrected chi connectivity index (χ2v) is 2.57. The average Bonchev–Trinajstić information content (AvgIpc) is 1.86. The van der Waals surface area contributed by atoms with E-state index < -0.39 is 0 Å². The fourth-order valence-electron chi connectivity index (χ4n) is 0.870. The first kappa shape index (κ1) is 9.44. The molecule has 0 aliphatic carbocycles. The molecule has 10 heavy (non-hydrogen) atoms. The van der Waals surface area contributed by atoms with Gasteiger partial charge in [0.25, 0.3) is 0 Å². The molecule has 0 unspecified atom stereocenters. The third kappa shape index (κ3) is 4.33. The summed E-state index contributed by atoms with van der Waals surface area (Å²) in [5.41, 5.74) is 1.21.